The van der Waals surface area contributed by atoms with E-state index in [4.69, 9.17) is 0 Å². The van der Waals surface area contributed by atoms with Crippen LogP contribution in [0.15, 0.2) is 18.2 Å². The van der Waals surface area contributed by atoms with E-state index < -0.39 is 0 Å². The highest BCUT2D eigenvalue weighted by molar-refractivity contribution is 5.97. The van der Waals surface area contributed by atoms with Crippen molar-refractivity contribution in [2.45, 2.75) is 6.92 Å². The Kier molecular flexibility index (Phi) is 2.99. The quantitative estimate of drug-likeness (QED) is 0.733. The molecule has 0 aromatic heterocycles. The molecule has 1 fully saturated rings. The third-order valence-electron chi connectivity index (χ3n) is 2.78. The summed E-state index contributed by atoms with van der Waals surface area (Å²) in [7, 11) is 0. The average molecular weight is 234 g/mol. The van der Waals surface area contributed by atoms with Crippen LogP contribution in [-0.2, 0) is 4.79 Å². The molecule has 90 valence electrons. The fourth-order valence-corrected chi connectivity index (χ4v) is 1.74. The summed E-state index contributed by atoms with van der Waals surface area (Å²) in [4.78, 5) is 24.7. The molecule has 17 heavy (non-hydrogen) atoms. The Morgan fingerprint density at radius 1 is 1.47 bits per heavy atom. The normalized spacial score (nSPS) is 15.6. The van der Waals surface area contributed by atoms with Gasteiger partial charge in [-0.25, -0.2) is 0 Å². The molecule has 1 aromatic rings. The summed E-state index contributed by atoms with van der Waals surface area (Å²) in [5.41, 5.74) is 1.13. The topological polar surface area (TPSA) is 69.6 Å². The number of phenolic OH excluding ortho intramolecular Hbond substituents is 1. The Balaban J connectivity index is 2.18. The molecule has 0 saturated carbocycles. The number of amides is 2. The lowest BCUT2D eigenvalue weighted by molar-refractivity contribution is -0.123. The van der Waals surface area contributed by atoms with E-state index in [0.29, 0.717) is 18.7 Å². The van der Waals surface area contributed by atoms with E-state index in [9.17, 15) is 14.7 Å². The van der Waals surface area contributed by atoms with Gasteiger partial charge in [-0.15, -0.1) is 0 Å². The van der Waals surface area contributed by atoms with Crippen molar-refractivity contribution < 1.29 is 14.7 Å². The first-order valence-electron chi connectivity index (χ1n) is 5.43. The van der Waals surface area contributed by atoms with Crippen molar-refractivity contribution in [1.29, 1.82) is 0 Å². The Morgan fingerprint density at radius 3 is 2.88 bits per heavy atom. The number of benzene rings is 1. The van der Waals surface area contributed by atoms with E-state index in [0.717, 1.165) is 5.56 Å². The largest absolute Gasteiger partial charge is 0.508 e. The van der Waals surface area contributed by atoms with E-state index in [2.05, 4.69) is 5.32 Å². The predicted octanol–water partition coefficient (Wildman–Crippen LogP) is 0.273. The number of nitrogens with one attached hydrogen (secondary N) is 1. The SMILES string of the molecule is Cc1ccc(C(=O)N2CCNC(=O)C2)cc1O. The summed E-state index contributed by atoms with van der Waals surface area (Å²) < 4.78 is 0. The van der Waals surface area contributed by atoms with Crippen LogP contribution in [0.3, 0.4) is 0 Å². The molecule has 2 rings (SSSR count). The molecule has 0 spiro atoms. The molecular weight excluding hydrogens is 220 g/mol. The molecule has 1 aliphatic heterocycles. The lowest BCUT2D eigenvalue weighted by atomic mass is 10.1. The van der Waals surface area contributed by atoms with Gasteiger partial charge in [0, 0.05) is 18.7 Å². The van der Waals surface area contributed by atoms with Gasteiger partial charge in [0.1, 0.15) is 5.75 Å². The average Bonchev–Trinajstić information content (AvgIpc) is 2.32. The molecule has 5 nitrogen and oxygen atoms in total. The number of nitrogens with zero attached hydrogens (tertiary/aromatic N) is 1. The van der Waals surface area contributed by atoms with Crippen molar-refractivity contribution in [3.05, 3.63) is 29.3 Å². The maximum Gasteiger partial charge on any atom is 0.254 e. The van der Waals surface area contributed by atoms with Crippen LogP contribution in [0.2, 0.25) is 0 Å². The van der Waals surface area contributed by atoms with E-state index in [1.165, 1.54) is 11.0 Å². The maximum absolute atomic E-state index is 12.0. The number of phenols is 1. The fourth-order valence-electron chi connectivity index (χ4n) is 1.74. The van der Waals surface area contributed by atoms with Crippen LogP contribution in [0.1, 0.15) is 15.9 Å². The first-order chi connectivity index (χ1) is 8.08. The highest BCUT2D eigenvalue weighted by Gasteiger charge is 2.22. The zero-order valence-electron chi connectivity index (χ0n) is 9.56. The van der Waals surface area contributed by atoms with Crippen LogP contribution in [0.5, 0.6) is 5.75 Å². The first kappa shape index (κ1) is 11.4. The summed E-state index contributed by atoms with van der Waals surface area (Å²) in [6, 6.07) is 4.78. The molecule has 0 atom stereocenters. The van der Waals surface area contributed by atoms with Gasteiger partial charge in [0.15, 0.2) is 0 Å². The van der Waals surface area contributed by atoms with E-state index in [1.54, 1.807) is 19.1 Å². The predicted molar refractivity (Wildman–Crippen MR) is 61.8 cm³/mol. The van der Waals surface area contributed by atoms with Gasteiger partial charge >= 0.3 is 0 Å². The van der Waals surface area contributed by atoms with Gasteiger partial charge in [-0.3, -0.25) is 9.59 Å². The lowest BCUT2D eigenvalue weighted by Gasteiger charge is -2.26. The molecular formula is C12H14N2O3. The Morgan fingerprint density at radius 2 is 2.24 bits per heavy atom. The molecule has 0 unspecified atom stereocenters. The van der Waals surface area contributed by atoms with Gasteiger partial charge in [0.2, 0.25) is 5.91 Å². The zero-order valence-corrected chi connectivity index (χ0v) is 9.56. The van der Waals surface area contributed by atoms with Crippen molar-refractivity contribution in [3.8, 4) is 5.75 Å². The molecule has 0 bridgehead atoms. The van der Waals surface area contributed by atoms with Crippen molar-refractivity contribution in [3.63, 3.8) is 0 Å². The molecule has 1 aromatic carbocycles. The van der Waals surface area contributed by atoms with Crippen LogP contribution in [0.25, 0.3) is 0 Å². The number of rotatable bonds is 1. The Hall–Kier alpha value is -2.04. The van der Waals surface area contributed by atoms with Crippen molar-refractivity contribution in [1.82, 2.24) is 10.2 Å². The number of carbonyl (C=O) groups is 2. The van der Waals surface area contributed by atoms with Crippen molar-refractivity contribution in [2.24, 2.45) is 0 Å². The maximum atomic E-state index is 12.0. The summed E-state index contributed by atoms with van der Waals surface area (Å²) >= 11 is 0. The monoisotopic (exact) mass is 234 g/mol. The second kappa shape index (κ2) is 4.45. The van der Waals surface area contributed by atoms with Crippen LogP contribution in [-0.4, -0.2) is 41.5 Å². The summed E-state index contributed by atoms with van der Waals surface area (Å²) in [6.45, 7) is 2.81. The van der Waals surface area contributed by atoms with E-state index in [1.807, 2.05) is 0 Å². The highest BCUT2D eigenvalue weighted by Crippen LogP contribution is 2.18. The highest BCUT2D eigenvalue weighted by atomic mass is 16.3. The molecule has 2 amide bonds. The second-order valence-electron chi connectivity index (χ2n) is 4.08. The van der Waals surface area contributed by atoms with E-state index >= 15 is 0 Å². The van der Waals surface area contributed by atoms with Crippen LogP contribution < -0.4 is 5.32 Å². The standard InChI is InChI=1S/C12H14N2O3/c1-8-2-3-9(6-10(8)15)12(17)14-5-4-13-11(16)7-14/h2-3,6,15H,4-5,7H2,1H3,(H,13,16). The number of aryl methyl sites for hydroxylation is 1. The number of aromatic hydroxyl groups is 1. The Labute approximate surface area is 99.0 Å². The van der Waals surface area contributed by atoms with Gasteiger partial charge < -0.3 is 15.3 Å². The molecule has 1 aliphatic rings. The van der Waals surface area contributed by atoms with Gasteiger partial charge in [0.05, 0.1) is 6.54 Å². The van der Waals surface area contributed by atoms with Crippen molar-refractivity contribution >= 4 is 11.8 Å². The number of piperazine rings is 1. The molecule has 0 radical (unpaired) electrons. The third-order valence-corrected chi connectivity index (χ3v) is 2.78. The number of carbonyl (C=O) groups excluding carboxylic acids is 2. The Bertz CT molecular complexity index is 471. The van der Waals surface area contributed by atoms with Gasteiger partial charge in [-0.1, -0.05) is 6.07 Å². The molecule has 1 heterocycles. The first-order valence-corrected chi connectivity index (χ1v) is 5.43. The lowest BCUT2D eigenvalue weighted by Crippen LogP contribution is -2.49. The third kappa shape index (κ3) is 2.38. The van der Waals surface area contributed by atoms with Gasteiger partial charge in [0.25, 0.3) is 5.91 Å². The van der Waals surface area contributed by atoms with E-state index in [-0.39, 0.29) is 24.1 Å². The molecule has 2 N–H and O–H groups in total. The molecule has 1 saturated heterocycles. The second-order valence-corrected chi connectivity index (χ2v) is 4.08. The minimum atomic E-state index is -0.227. The summed E-state index contributed by atoms with van der Waals surface area (Å²) in [5, 5.41) is 12.2. The fraction of sp³-hybridized carbons (Fsp3) is 0.333. The van der Waals surface area contributed by atoms with Crippen LogP contribution >= 0.6 is 0 Å². The van der Waals surface area contributed by atoms with Crippen LogP contribution in [0.4, 0.5) is 0 Å². The molecule has 0 aliphatic carbocycles. The van der Waals surface area contributed by atoms with Crippen LogP contribution in [0, 0.1) is 6.92 Å². The van der Waals surface area contributed by atoms with Gasteiger partial charge in [-0.2, -0.15) is 0 Å². The smallest absolute Gasteiger partial charge is 0.254 e. The van der Waals surface area contributed by atoms with Gasteiger partial charge in [-0.05, 0) is 24.6 Å². The summed E-state index contributed by atoms with van der Waals surface area (Å²) in [5.74, 6) is -0.284. The number of hydrogen-bond donors (Lipinski definition) is 2. The minimum Gasteiger partial charge on any atom is -0.508 e. The summed E-state index contributed by atoms with van der Waals surface area (Å²) in [6.07, 6.45) is 0. The minimum absolute atomic E-state index is 0.0769. The number of hydrogen-bond acceptors (Lipinski definition) is 3. The zero-order chi connectivity index (χ0) is 12.4. The molecule has 5 heteroatoms. The van der Waals surface area contributed by atoms with Crippen molar-refractivity contribution in [2.75, 3.05) is 19.6 Å².